The maximum Gasteiger partial charge on any atom is 0.248 e. The summed E-state index contributed by atoms with van der Waals surface area (Å²) >= 11 is 0. The molecule has 0 aromatic heterocycles. The van der Waals surface area contributed by atoms with Crippen molar-refractivity contribution >= 4 is 17.7 Å². The normalized spacial score (nSPS) is 13.3. The number of ether oxygens (including phenoxy) is 1. The molecule has 1 N–H and O–H groups in total. The highest BCUT2D eigenvalue weighted by molar-refractivity contribution is 5.99. The summed E-state index contributed by atoms with van der Waals surface area (Å²) in [7, 11) is 1.62. The molecule has 1 amide bonds. The molecule has 0 radical (unpaired) electrons. The van der Waals surface area contributed by atoms with Gasteiger partial charge in [-0.05, 0) is 53.8 Å². The van der Waals surface area contributed by atoms with Gasteiger partial charge in [0.25, 0.3) is 0 Å². The molecule has 3 heteroatoms. The molecular formula is C20H19NO2. The SMILES string of the molecule is COc1ccc(NC(=O)C=CC2=Cc3ccccc3CC2)cc1. The number of carbonyl (C=O) groups is 1. The number of amides is 1. The standard InChI is InChI=1S/C20H19NO2/c1-23-19-11-9-18(10-12-19)21-20(22)13-7-15-6-8-16-4-2-3-5-17(16)14-15/h2-5,7,9-14H,6,8H2,1H3,(H,21,22). The van der Waals surface area contributed by atoms with E-state index in [1.807, 2.05) is 36.4 Å². The highest BCUT2D eigenvalue weighted by Gasteiger charge is 2.08. The molecule has 0 heterocycles. The van der Waals surface area contributed by atoms with E-state index in [4.69, 9.17) is 4.74 Å². The van der Waals surface area contributed by atoms with E-state index in [-0.39, 0.29) is 5.91 Å². The molecule has 2 aromatic rings. The van der Waals surface area contributed by atoms with Crippen LogP contribution in [0.2, 0.25) is 0 Å². The van der Waals surface area contributed by atoms with Crippen molar-refractivity contribution in [3.8, 4) is 5.75 Å². The molecule has 0 bridgehead atoms. The van der Waals surface area contributed by atoms with E-state index in [9.17, 15) is 4.79 Å². The first kappa shape index (κ1) is 15.1. The average Bonchev–Trinajstić information content (AvgIpc) is 2.60. The molecule has 0 saturated carbocycles. The summed E-state index contributed by atoms with van der Waals surface area (Å²) in [5.74, 6) is 0.638. The minimum Gasteiger partial charge on any atom is -0.497 e. The maximum absolute atomic E-state index is 12.0. The third-order valence-corrected chi connectivity index (χ3v) is 3.89. The van der Waals surface area contributed by atoms with Gasteiger partial charge in [0.2, 0.25) is 5.91 Å². The van der Waals surface area contributed by atoms with Crippen LogP contribution in [0.15, 0.2) is 66.3 Å². The average molecular weight is 305 g/mol. The Balaban J connectivity index is 1.63. The van der Waals surface area contributed by atoms with Crippen LogP contribution in [0.4, 0.5) is 5.69 Å². The molecule has 1 aliphatic carbocycles. The van der Waals surface area contributed by atoms with E-state index in [2.05, 4.69) is 29.6 Å². The second-order valence-corrected chi connectivity index (χ2v) is 5.47. The Labute approximate surface area is 136 Å². The molecule has 0 spiro atoms. The summed E-state index contributed by atoms with van der Waals surface area (Å²) in [6, 6.07) is 15.7. The van der Waals surface area contributed by atoms with E-state index in [0.717, 1.165) is 24.3 Å². The van der Waals surface area contributed by atoms with E-state index in [1.54, 1.807) is 13.2 Å². The Hall–Kier alpha value is -2.81. The third-order valence-electron chi connectivity index (χ3n) is 3.89. The van der Waals surface area contributed by atoms with Gasteiger partial charge in [-0.15, -0.1) is 0 Å². The number of fused-ring (bicyclic) bond motifs is 1. The van der Waals surface area contributed by atoms with Gasteiger partial charge in [-0.3, -0.25) is 4.79 Å². The van der Waals surface area contributed by atoms with Crippen LogP contribution in [0, 0.1) is 0 Å². The van der Waals surface area contributed by atoms with Gasteiger partial charge in [-0.25, -0.2) is 0 Å². The zero-order valence-corrected chi connectivity index (χ0v) is 13.1. The predicted octanol–water partition coefficient (Wildman–Crippen LogP) is 4.22. The van der Waals surface area contributed by atoms with Crippen molar-refractivity contribution in [1.29, 1.82) is 0 Å². The van der Waals surface area contributed by atoms with Crippen molar-refractivity contribution in [2.45, 2.75) is 12.8 Å². The Morgan fingerprint density at radius 1 is 1.09 bits per heavy atom. The minimum absolute atomic E-state index is 0.130. The van der Waals surface area contributed by atoms with Crippen LogP contribution in [0.25, 0.3) is 6.08 Å². The predicted molar refractivity (Wildman–Crippen MR) is 93.5 cm³/mol. The first-order valence-corrected chi connectivity index (χ1v) is 7.66. The van der Waals surface area contributed by atoms with Crippen molar-refractivity contribution in [3.05, 3.63) is 77.4 Å². The number of nitrogens with one attached hydrogen (secondary N) is 1. The van der Waals surface area contributed by atoms with Crippen LogP contribution in [0.1, 0.15) is 17.5 Å². The molecule has 2 aromatic carbocycles. The maximum atomic E-state index is 12.0. The van der Waals surface area contributed by atoms with Crippen molar-refractivity contribution in [2.24, 2.45) is 0 Å². The lowest BCUT2D eigenvalue weighted by molar-refractivity contribution is -0.111. The monoisotopic (exact) mass is 305 g/mol. The number of anilines is 1. The molecule has 0 saturated heterocycles. The lowest BCUT2D eigenvalue weighted by Gasteiger charge is -2.13. The molecule has 0 aliphatic heterocycles. The molecular weight excluding hydrogens is 286 g/mol. The largest absolute Gasteiger partial charge is 0.497 e. The summed E-state index contributed by atoms with van der Waals surface area (Å²) < 4.78 is 5.10. The van der Waals surface area contributed by atoms with Gasteiger partial charge in [0, 0.05) is 11.8 Å². The lowest BCUT2D eigenvalue weighted by Crippen LogP contribution is -2.08. The Morgan fingerprint density at radius 2 is 1.87 bits per heavy atom. The van der Waals surface area contributed by atoms with Crippen LogP contribution in [0.5, 0.6) is 5.75 Å². The minimum atomic E-state index is -0.130. The highest BCUT2D eigenvalue weighted by Crippen LogP contribution is 2.24. The van der Waals surface area contributed by atoms with Crippen LogP contribution in [-0.4, -0.2) is 13.0 Å². The van der Waals surface area contributed by atoms with Gasteiger partial charge in [-0.1, -0.05) is 36.4 Å². The second-order valence-electron chi connectivity index (χ2n) is 5.47. The summed E-state index contributed by atoms with van der Waals surface area (Å²) in [5, 5.41) is 2.84. The summed E-state index contributed by atoms with van der Waals surface area (Å²) in [6.07, 6.45) is 7.62. The molecule has 1 aliphatic rings. The topological polar surface area (TPSA) is 38.3 Å². The quantitative estimate of drug-likeness (QED) is 0.859. The summed E-state index contributed by atoms with van der Waals surface area (Å²) in [6.45, 7) is 0. The fourth-order valence-corrected chi connectivity index (χ4v) is 2.63. The number of hydrogen-bond donors (Lipinski definition) is 1. The van der Waals surface area contributed by atoms with Gasteiger partial charge in [0.1, 0.15) is 5.75 Å². The molecule has 23 heavy (non-hydrogen) atoms. The fourth-order valence-electron chi connectivity index (χ4n) is 2.63. The number of allylic oxidation sites excluding steroid dienone is 2. The van der Waals surface area contributed by atoms with E-state index >= 15 is 0 Å². The number of benzene rings is 2. The Morgan fingerprint density at radius 3 is 2.65 bits per heavy atom. The van der Waals surface area contributed by atoms with E-state index in [1.165, 1.54) is 16.7 Å². The van der Waals surface area contributed by atoms with Crippen molar-refractivity contribution < 1.29 is 9.53 Å². The number of rotatable bonds is 4. The van der Waals surface area contributed by atoms with Crippen LogP contribution < -0.4 is 10.1 Å². The number of hydrogen-bond acceptors (Lipinski definition) is 2. The zero-order chi connectivity index (χ0) is 16.1. The summed E-state index contributed by atoms with van der Waals surface area (Å²) in [4.78, 5) is 12.0. The molecule has 0 unspecified atom stereocenters. The Bertz CT molecular complexity index is 757. The van der Waals surface area contributed by atoms with Gasteiger partial charge >= 0.3 is 0 Å². The number of methoxy groups -OCH3 is 1. The molecule has 3 rings (SSSR count). The first-order valence-electron chi connectivity index (χ1n) is 7.66. The van der Waals surface area contributed by atoms with Crippen LogP contribution in [-0.2, 0) is 11.2 Å². The molecule has 3 nitrogen and oxygen atoms in total. The van der Waals surface area contributed by atoms with Gasteiger partial charge in [0.05, 0.1) is 7.11 Å². The van der Waals surface area contributed by atoms with Gasteiger partial charge in [0.15, 0.2) is 0 Å². The van der Waals surface area contributed by atoms with E-state index in [0.29, 0.717) is 0 Å². The molecule has 116 valence electrons. The lowest BCUT2D eigenvalue weighted by atomic mass is 9.92. The van der Waals surface area contributed by atoms with Gasteiger partial charge in [-0.2, -0.15) is 0 Å². The van der Waals surface area contributed by atoms with Crippen LogP contribution in [0.3, 0.4) is 0 Å². The molecule has 0 atom stereocenters. The van der Waals surface area contributed by atoms with Crippen LogP contribution >= 0.6 is 0 Å². The smallest absolute Gasteiger partial charge is 0.248 e. The second kappa shape index (κ2) is 6.97. The van der Waals surface area contributed by atoms with E-state index < -0.39 is 0 Å². The first-order chi connectivity index (χ1) is 11.2. The van der Waals surface area contributed by atoms with Crippen molar-refractivity contribution in [2.75, 3.05) is 12.4 Å². The Kier molecular flexibility index (Phi) is 4.57. The van der Waals surface area contributed by atoms with Crippen molar-refractivity contribution in [1.82, 2.24) is 0 Å². The zero-order valence-electron chi connectivity index (χ0n) is 13.1. The number of carbonyl (C=O) groups excluding carboxylic acids is 1. The molecule has 0 fully saturated rings. The van der Waals surface area contributed by atoms with Gasteiger partial charge < -0.3 is 10.1 Å². The fraction of sp³-hybridized carbons (Fsp3) is 0.150. The highest BCUT2D eigenvalue weighted by atomic mass is 16.5. The summed E-state index contributed by atoms with van der Waals surface area (Å²) in [5.41, 5.74) is 4.54. The van der Waals surface area contributed by atoms with Crippen molar-refractivity contribution in [3.63, 3.8) is 0 Å². The number of aryl methyl sites for hydroxylation is 1. The third kappa shape index (κ3) is 3.89.